The molecule has 3 heterocycles. The van der Waals surface area contributed by atoms with Crippen molar-refractivity contribution in [2.75, 3.05) is 20.2 Å². The van der Waals surface area contributed by atoms with Crippen LogP contribution in [0.25, 0.3) is 11.0 Å². The highest BCUT2D eigenvalue weighted by Gasteiger charge is 2.52. The molecule has 0 unspecified atom stereocenters. The van der Waals surface area contributed by atoms with Crippen molar-refractivity contribution in [2.45, 2.75) is 18.9 Å². The van der Waals surface area contributed by atoms with E-state index < -0.39 is 0 Å². The lowest BCUT2D eigenvalue weighted by Crippen LogP contribution is -2.62. The fourth-order valence-electron chi connectivity index (χ4n) is 4.43. The van der Waals surface area contributed by atoms with E-state index in [1.54, 1.807) is 24.1 Å². The number of para-hydroxylation sites is 1. The molecule has 2 atom stereocenters. The van der Waals surface area contributed by atoms with E-state index in [2.05, 4.69) is 0 Å². The molecule has 0 radical (unpaired) electrons. The van der Waals surface area contributed by atoms with E-state index in [-0.39, 0.29) is 41.4 Å². The first-order valence-corrected chi connectivity index (χ1v) is 9.46. The van der Waals surface area contributed by atoms with Crippen LogP contribution in [0.2, 0.25) is 0 Å². The minimum absolute atomic E-state index is 0.0927. The second kappa shape index (κ2) is 6.22. The van der Waals surface area contributed by atoms with Crippen LogP contribution in [0, 0.1) is 11.8 Å². The first-order valence-electron chi connectivity index (χ1n) is 9.46. The number of nitrogens with zero attached hydrogens (tertiary/aromatic N) is 2. The Morgan fingerprint density at radius 3 is 2.43 bits per heavy atom. The quantitative estimate of drug-likeness (QED) is 0.603. The zero-order valence-corrected chi connectivity index (χ0v) is 15.5. The van der Waals surface area contributed by atoms with Gasteiger partial charge in [0, 0.05) is 18.5 Å². The number of carbonyl (C=O) groups excluding carboxylic acids is 3. The van der Waals surface area contributed by atoms with Gasteiger partial charge in [-0.15, -0.1) is 0 Å². The van der Waals surface area contributed by atoms with E-state index in [1.165, 1.54) is 4.90 Å². The number of carbonyl (C=O) groups is 3. The summed E-state index contributed by atoms with van der Waals surface area (Å²) in [5.74, 6) is -0.0879. The molecule has 2 aromatic rings. The summed E-state index contributed by atoms with van der Waals surface area (Å²) in [6, 6.07) is 6.92. The fraction of sp³-hybridized carbons (Fsp3) is 0.381. The number of ether oxygens (including phenoxy) is 1. The topological polar surface area (TPSA) is 80.1 Å². The SMILES string of the molecule is COc1cccc2cc(C(=O)N3CC(N4C(=O)[C@H]5CC=CC[C@H]5C4=O)C3)oc12. The van der Waals surface area contributed by atoms with Gasteiger partial charge >= 0.3 is 0 Å². The smallest absolute Gasteiger partial charge is 0.289 e. The van der Waals surface area contributed by atoms with E-state index in [0.717, 1.165) is 5.39 Å². The highest BCUT2D eigenvalue weighted by molar-refractivity contribution is 6.06. The van der Waals surface area contributed by atoms with Gasteiger partial charge in [-0.2, -0.15) is 0 Å². The average molecular weight is 380 g/mol. The van der Waals surface area contributed by atoms with Gasteiger partial charge in [-0.25, -0.2) is 0 Å². The van der Waals surface area contributed by atoms with E-state index in [9.17, 15) is 14.4 Å². The minimum Gasteiger partial charge on any atom is -0.493 e. The second-order valence-electron chi connectivity index (χ2n) is 7.56. The zero-order valence-electron chi connectivity index (χ0n) is 15.5. The summed E-state index contributed by atoms with van der Waals surface area (Å²) in [4.78, 5) is 41.1. The summed E-state index contributed by atoms with van der Waals surface area (Å²) in [5, 5.41) is 0.793. The monoisotopic (exact) mass is 380 g/mol. The van der Waals surface area contributed by atoms with Crippen molar-refractivity contribution in [1.82, 2.24) is 9.80 Å². The first-order chi connectivity index (χ1) is 13.6. The number of methoxy groups -OCH3 is 1. The summed E-state index contributed by atoms with van der Waals surface area (Å²) in [6.07, 6.45) is 5.20. The second-order valence-corrected chi connectivity index (χ2v) is 7.56. The van der Waals surface area contributed by atoms with Crippen LogP contribution < -0.4 is 4.74 Å². The van der Waals surface area contributed by atoms with Crippen LogP contribution in [-0.2, 0) is 9.59 Å². The van der Waals surface area contributed by atoms with E-state index in [0.29, 0.717) is 37.3 Å². The number of hydrogen-bond donors (Lipinski definition) is 0. The third kappa shape index (κ3) is 2.38. The maximum absolute atomic E-state index is 12.8. The van der Waals surface area contributed by atoms with E-state index >= 15 is 0 Å². The van der Waals surface area contributed by atoms with Crippen molar-refractivity contribution < 1.29 is 23.5 Å². The molecule has 0 bridgehead atoms. The molecule has 2 saturated heterocycles. The van der Waals surface area contributed by atoms with Gasteiger partial charge in [-0.1, -0.05) is 24.3 Å². The van der Waals surface area contributed by atoms with E-state index in [4.69, 9.17) is 9.15 Å². The summed E-state index contributed by atoms with van der Waals surface area (Å²) >= 11 is 0. The molecular formula is C21H20N2O5. The molecule has 28 heavy (non-hydrogen) atoms. The van der Waals surface area contributed by atoms with Crippen LogP contribution >= 0.6 is 0 Å². The summed E-state index contributed by atoms with van der Waals surface area (Å²) in [5.41, 5.74) is 0.534. The molecule has 5 rings (SSSR count). The van der Waals surface area contributed by atoms with Crippen LogP contribution in [0.3, 0.4) is 0 Å². The highest BCUT2D eigenvalue weighted by Crippen LogP contribution is 2.38. The Kier molecular flexibility index (Phi) is 3.79. The van der Waals surface area contributed by atoms with Crippen molar-refractivity contribution in [3.63, 3.8) is 0 Å². The van der Waals surface area contributed by atoms with Crippen molar-refractivity contribution in [2.24, 2.45) is 11.8 Å². The van der Waals surface area contributed by atoms with Crippen LogP contribution in [0.4, 0.5) is 0 Å². The molecule has 1 aromatic carbocycles. The molecule has 0 saturated carbocycles. The third-order valence-corrected chi connectivity index (χ3v) is 5.99. The standard InChI is InChI=1S/C21H20N2O5/c1-27-16-8-4-5-12-9-17(28-18(12)16)21(26)22-10-13(11-22)23-19(24)14-6-2-3-7-15(14)20(23)25/h2-5,8-9,13-15H,6-7,10-11H2,1H3/t14-,15+. The van der Waals surface area contributed by atoms with Crippen molar-refractivity contribution in [3.8, 4) is 5.75 Å². The average Bonchev–Trinajstić information content (AvgIpc) is 3.22. The van der Waals surface area contributed by atoms with Crippen LogP contribution in [-0.4, -0.2) is 53.8 Å². The number of allylic oxidation sites excluding steroid dienone is 2. The molecular weight excluding hydrogens is 360 g/mol. The molecule has 3 aliphatic rings. The van der Waals surface area contributed by atoms with Gasteiger partial charge in [-0.3, -0.25) is 19.3 Å². The normalized spacial score (nSPS) is 24.6. The van der Waals surface area contributed by atoms with Gasteiger partial charge in [0.25, 0.3) is 5.91 Å². The Bertz CT molecular complexity index is 991. The largest absolute Gasteiger partial charge is 0.493 e. The number of benzene rings is 1. The van der Waals surface area contributed by atoms with Crippen LogP contribution in [0.15, 0.2) is 40.8 Å². The summed E-state index contributed by atoms with van der Waals surface area (Å²) in [6.45, 7) is 0.689. The molecule has 1 aliphatic carbocycles. The van der Waals surface area contributed by atoms with Crippen LogP contribution in [0.1, 0.15) is 23.4 Å². The van der Waals surface area contributed by atoms with Gasteiger partial charge in [0.2, 0.25) is 11.8 Å². The predicted molar refractivity (Wildman–Crippen MR) is 99.7 cm³/mol. The van der Waals surface area contributed by atoms with Gasteiger partial charge in [0.1, 0.15) is 0 Å². The molecule has 2 fully saturated rings. The first kappa shape index (κ1) is 17.0. The molecule has 2 aliphatic heterocycles. The highest BCUT2D eigenvalue weighted by atomic mass is 16.5. The lowest BCUT2D eigenvalue weighted by molar-refractivity contribution is -0.145. The Labute approximate surface area is 161 Å². The molecule has 0 N–H and O–H groups in total. The van der Waals surface area contributed by atoms with Gasteiger partial charge in [0.15, 0.2) is 17.1 Å². The summed E-state index contributed by atoms with van der Waals surface area (Å²) in [7, 11) is 1.55. The number of amides is 3. The lowest BCUT2D eigenvalue weighted by atomic mass is 9.85. The van der Waals surface area contributed by atoms with Crippen molar-refractivity contribution in [1.29, 1.82) is 0 Å². The Balaban J connectivity index is 1.30. The number of furan rings is 1. The maximum Gasteiger partial charge on any atom is 0.289 e. The summed E-state index contributed by atoms with van der Waals surface area (Å²) < 4.78 is 11.0. The van der Waals surface area contributed by atoms with Crippen molar-refractivity contribution in [3.05, 3.63) is 42.2 Å². The Morgan fingerprint density at radius 2 is 1.79 bits per heavy atom. The van der Waals surface area contributed by atoms with Gasteiger partial charge < -0.3 is 14.1 Å². The van der Waals surface area contributed by atoms with Crippen molar-refractivity contribution >= 4 is 28.7 Å². The van der Waals surface area contributed by atoms with Gasteiger partial charge in [0.05, 0.1) is 25.0 Å². The number of imide groups is 1. The fourth-order valence-corrected chi connectivity index (χ4v) is 4.43. The molecule has 3 amide bonds. The third-order valence-electron chi connectivity index (χ3n) is 5.99. The molecule has 0 spiro atoms. The van der Waals surface area contributed by atoms with E-state index in [1.807, 2.05) is 24.3 Å². The zero-order chi connectivity index (χ0) is 19.4. The molecule has 1 aromatic heterocycles. The minimum atomic E-state index is -0.243. The number of rotatable bonds is 3. The Morgan fingerprint density at radius 1 is 1.11 bits per heavy atom. The number of hydrogen-bond acceptors (Lipinski definition) is 5. The molecule has 7 nitrogen and oxygen atoms in total. The number of fused-ring (bicyclic) bond motifs is 2. The van der Waals surface area contributed by atoms with Crippen LogP contribution in [0.5, 0.6) is 5.75 Å². The lowest BCUT2D eigenvalue weighted by Gasteiger charge is -2.42. The Hall–Kier alpha value is -3.09. The van der Waals surface area contributed by atoms with Gasteiger partial charge in [-0.05, 0) is 25.0 Å². The molecule has 7 heteroatoms. The maximum atomic E-state index is 12.8. The predicted octanol–water partition coefficient (Wildman–Crippen LogP) is 2.22. The molecule has 144 valence electrons. The number of likely N-dealkylation sites (tertiary alicyclic amines) is 2.